The lowest BCUT2D eigenvalue weighted by molar-refractivity contribution is -0.131. The van der Waals surface area contributed by atoms with Crippen LogP contribution in [-0.2, 0) is 11.2 Å². The van der Waals surface area contributed by atoms with Gasteiger partial charge in [-0.05, 0) is 44.2 Å². The molecule has 0 unspecified atom stereocenters. The molecule has 0 aliphatic carbocycles. The molecule has 0 aliphatic heterocycles. The standard InChI is InChI=1S/C16H20FN3O2/c1-16(2,22)11-19(3)15(21)10-13-8-9-20(18-13)14-6-4-12(17)5-7-14/h4-9,22H,10-11H2,1-3H3. The lowest BCUT2D eigenvalue weighted by Crippen LogP contribution is -2.40. The first-order valence-electron chi connectivity index (χ1n) is 7.01. The summed E-state index contributed by atoms with van der Waals surface area (Å²) in [5.74, 6) is -0.425. The van der Waals surface area contributed by atoms with Gasteiger partial charge in [0.2, 0.25) is 5.91 Å². The van der Waals surface area contributed by atoms with E-state index in [0.29, 0.717) is 5.69 Å². The summed E-state index contributed by atoms with van der Waals surface area (Å²) in [7, 11) is 1.65. The molecule has 0 fully saturated rings. The van der Waals surface area contributed by atoms with Crippen LogP contribution in [0, 0.1) is 5.82 Å². The van der Waals surface area contributed by atoms with Crippen molar-refractivity contribution in [3.63, 3.8) is 0 Å². The third-order valence-electron chi connectivity index (χ3n) is 3.12. The van der Waals surface area contributed by atoms with Crippen LogP contribution in [0.2, 0.25) is 0 Å². The van der Waals surface area contributed by atoms with E-state index in [-0.39, 0.29) is 24.7 Å². The number of amides is 1. The molecule has 2 rings (SSSR count). The molecule has 0 spiro atoms. The zero-order valence-electron chi connectivity index (χ0n) is 13.0. The minimum absolute atomic E-state index is 0.119. The molecule has 1 heterocycles. The minimum Gasteiger partial charge on any atom is -0.389 e. The van der Waals surface area contributed by atoms with Crippen LogP contribution in [0.15, 0.2) is 36.5 Å². The Morgan fingerprint density at radius 1 is 1.32 bits per heavy atom. The van der Waals surface area contributed by atoms with E-state index in [1.165, 1.54) is 17.0 Å². The highest BCUT2D eigenvalue weighted by molar-refractivity contribution is 5.78. The summed E-state index contributed by atoms with van der Waals surface area (Å²) in [5.41, 5.74) is 0.416. The summed E-state index contributed by atoms with van der Waals surface area (Å²) in [4.78, 5) is 13.6. The average molecular weight is 305 g/mol. The van der Waals surface area contributed by atoms with Crippen LogP contribution in [0.3, 0.4) is 0 Å². The van der Waals surface area contributed by atoms with Gasteiger partial charge >= 0.3 is 0 Å². The molecule has 2 aromatic rings. The highest BCUT2D eigenvalue weighted by atomic mass is 19.1. The summed E-state index contributed by atoms with van der Waals surface area (Å²) in [5, 5.41) is 14.0. The van der Waals surface area contributed by atoms with Crippen LogP contribution >= 0.6 is 0 Å². The summed E-state index contributed by atoms with van der Waals surface area (Å²) >= 11 is 0. The number of hydrogen-bond donors (Lipinski definition) is 1. The van der Waals surface area contributed by atoms with Crippen LogP contribution in [0.4, 0.5) is 4.39 Å². The fourth-order valence-corrected chi connectivity index (χ4v) is 2.15. The van der Waals surface area contributed by atoms with Crippen molar-refractivity contribution in [3.8, 4) is 5.69 Å². The summed E-state index contributed by atoms with van der Waals surface area (Å²) in [6, 6.07) is 7.71. The molecule has 22 heavy (non-hydrogen) atoms. The molecule has 0 bridgehead atoms. The third kappa shape index (κ3) is 4.39. The molecule has 5 nitrogen and oxygen atoms in total. The van der Waals surface area contributed by atoms with Gasteiger partial charge in [-0.15, -0.1) is 0 Å². The number of aromatic nitrogens is 2. The van der Waals surface area contributed by atoms with Gasteiger partial charge in [0.25, 0.3) is 0 Å². The van der Waals surface area contributed by atoms with E-state index < -0.39 is 5.60 Å². The lowest BCUT2D eigenvalue weighted by Gasteiger charge is -2.25. The molecule has 0 atom stereocenters. The van der Waals surface area contributed by atoms with E-state index >= 15 is 0 Å². The number of carbonyl (C=O) groups excluding carboxylic acids is 1. The minimum atomic E-state index is -0.933. The number of hydrogen-bond acceptors (Lipinski definition) is 3. The van der Waals surface area contributed by atoms with E-state index in [4.69, 9.17) is 0 Å². The molecule has 1 aromatic carbocycles. The topological polar surface area (TPSA) is 58.4 Å². The maximum Gasteiger partial charge on any atom is 0.228 e. The molecule has 1 amide bonds. The maximum atomic E-state index is 12.9. The Hall–Kier alpha value is -2.21. The second-order valence-corrected chi connectivity index (χ2v) is 5.97. The number of nitrogens with zero attached hydrogens (tertiary/aromatic N) is 3. The van der Waals surface area contributed by atoms with Crippen molar-refractivity contribution in [2.45, 2.75) is 25.9 Å². The van der Waals surface area contributed by atoms with Crippen LogP contribution in [0.5, 0.6) is 0 Å². The van der Waals surface area contributed by atoms with Crippen molar-refractivity contribution in [1.82, 2.24) is 14.7 Å². The summed E-state index contributed by atoms with van der Waals surface area (Å²) in [6.45, 7) is 3.56. The third-order valence-corrected chi connectivity index (χ3v) is 3.12. The van der Waals surface area contributed by atoms with E-state index in [2.05, 4.69) is 5.10 Å². The number of aliphatic hydroxyl groups is 1. The van der Waals surface area contributed by atoms with E-state index in [0.717, 1.165) is 5.69 Å². The van der Waals surface area contributed by atoms with Gasteiger partial charge in [-0.2, -0.15) is 5.10 Å². The fraction of sp³-hybridized carbons (Fsp3) is 0.375. The molecule has 0 saturated heterocycles. The van der Waals surface area contributed by atoms with E-state index in [9.17, 15) is 14.3 Å². The van der Waals surface area contributed by atoms with Gasteiger partial charge in [0, 0.05) is 19.8 Å². The van der Waals surface area contributed by atoms with Crippen LogP contribution in [-0.4, -0.2) is 44.9 Å². The monoisotopic (exact) mass is 305 g/mol. The number of benzene rings is 1. The molecule has 6 heteroatoms. The molecular formula is C16H20FN3O2. The van der Waals surface area contributed by atoms with Gasteiger partial charge in [0.15, 0.2) is 0 Å². The smallest absolute Gasteiger partial charge is 0.228 e. The highest BCUT2D eigenvalue weighted by Gasteiger charge is 2.20. The lowest BCUT2D eigenvalue weighted by atomic mass is 10.1. The zero-order valence-corrected chi connectivity index (χ0v) is 13.0. The Bertz CT molecular complexity index is 644. The van der Waals surface area contributed by atoms with Gasteiger partial charge in [-0.1, -0.05) is 0 Å². The normalized spacial score (nSPS) is 11.5. The van der Waals surface area contributed by atoms with Gasteiger partial charge in [0.1, 0.15) is 5.82 Å². The predicted octanol–water partition coefficient (Wildman–Crippen LogP) is 1.78. The van der Waals surface area contributed by atoms with Crippen molar-refractivity contribution >= 4 is 5.91 Å². The number of carbonyl (C=O) groups is 1. The van der Waals surface area contributed by atoms with Gasteiger partial charge in [0.05, 0.1) is 23.4 Å². The fourth-order valence-electron chi connectivity index (χ4n) is 2.15. The molecular weight excluding hydrogens is 285 g/mol. The molecule has 0 saturated carbocycles. The van der Waals surface area contributed by atoms with Crippen molar-refractivity contribution in [1.29, 1.82) is 0 Å². The molecule has 0 radical (unpaired) electrons. The molecule has 1 aromatic heterocycles. The first-order chi connectivity index (χ1) is 10.2. The zero-order chi connectivity index (χ0) is 16.3. The molecule has 0 aliphatic rings. The first kappa shape index (κ1) is 16.2. The number of halogens is 1. The van der Waals surface area contributed by atoms with Crippen molar-refractivity contribution in [3.05, 3.63) is 48.0 Å². The van der Waals surface area contributed by atoms with Crippen LogP contribution in [0.1, 0.15) is 19.5 Å². The second-order valence-electron chi connectivity index (χ2n) is 5.97. The van der Waals surface area contributed by atoms with Crippen molar-refractivity contribution < 1.29 is 14.3 Å². The Morgan fingerprint density at radius 2 is 1.95 bits per heavy atom. The SMILES string of the molecule is CN(CC(C)(C)O)C(=O)Cc1ccn(-c2ccc(F)cc2)n1. The van der Waals surface area contributed by atoms with E-state index in [1.54, 1.807) is 50.0 Å². The maximum absolute atomic E-state index is 12.9. The van der Waals surface area contributed by atoms with Crippen LogP contribution < -0.4 is 0 Å². The Labute approximate surface area is 129 Å². The highest BCUT2D eigenvalue weighted by Crippen LogP contribution is 2.10. The average Bonchev–Trinajstić information content (AvgIpc) is 2.86. The van der Waals surface area contributed by atoms with Gasteiger partial charge in [-0.3, -0.25) is 4.79 Å². The molecule has 1 N–H and O–H groups in total. The predicted molar refractivity (Wildman–Crippen MR) is 81.2 cm³/mol. The number of rotatable bonds is 5. The van der Waals surface area contributed by atoms with Crippen LogP contribution in [0.25, 0.3) is 5.69 Å². The Kier molecular flexibility index (Phi) is 4.61. The van der Waals surface area contributed by atoms with E-state index in [1.807, 2.05) is 0 Å². The molecule has 118 valence electrons. The largest absolute Gasteiger partial charge is 0.389 e. The van der Waals surface area contributed by atoms with Gasteiger partial charge in [-0.25, -0.2) is 9.07 Å². The Balaban J connectivity index is 2.03. The summed E-state index contributed by atoms with van der Waals surface area (Å²) in [6.07, 6.45) is 1.88. The Morgan fingerprint density at radius 3 is 2.55 bits per heavy atom. The quantitative estimate of drug-likeness (QED) is 0.916. The summed E-state index contributed by atoms with van der Waals surface area (Å²) < 4.78 is 14.5. The van der Waals surface area contributed by atoms with Crippen molar-refractivity contribution in [2.75, 3.05) is 13.6 Å². The second kappa shape index (κ2) is 6.27. The van der Waals surface area contributed by atoms with Crippen molar-refractivity contribution in [2.24, 2.45) is 0 Å². The number of likely N-dealkylation sites (N-methyl/N-ethyl adjacent to an activating group) is 1. The first-order valence-corrected chi connectivity index (χ1v) is 7.01. The van der Waals surface area contributed by atoms with Gasteiger partial charge < -0.3 is 10.0 Å².